The first-order valence-electron chi connectivity index (χ1n) is 7.13. The van der Waals surface area contributed by atoms with Gasteiger partial charge in [0.1, 0.15) is 0 Å². The molecule has 2 aromatic rings. The second kappa shape index (κ2) is 3.94. The number of nitrogens with one attached hydrogen (secondary N) is 1. The Balaban J connectivity index is 1.81. The lowest BCUT2D eigenvalue weighted by Crippen LogP contribution is -2.34. The van der Waals surface area contributed by atoms with Gasteiger partial charge in [-0.15, -0.1) is 11.3 Å². The van der Waals surface area contributed by atoms with Crippen LogP contribution in [0.3, 0.4) is 0 Å². The Morgan fingerprint density at radius 1 is 1.21 bits per heavy atom. The van der Waals surface area contributed by atoms with E-state index in [1.54, 1.807) is 10.4 Å². The van der Waals surface area contributed by atoms with E-state index < -0.39 is 0 Å². The van der Waals surface area contributed by atoms with Crippen molar-refractivity contribution in [3.05, 3.63) is 46.3 Å². The van der Waals surface area contributed by atoms with Gasteiger partial charge in [-0.1, -0.05) is 29.8 Å². The standard InChI is InChI=1S/C17H19NS/c1-11-3-5-13(6-4-11)15-9-14-16(19-15)12(2)18-10-17(14)7-8-17/h3-6,9,12,18H,7-8,10H2,1-2H3. The minimum atomic E-state index is 0.487. The fourth-order valence-electron chi connectivity index (χ4n) is 3.13. The highest BCUT2D eigenvalue weighted by Gasteiger charge is 2.49. The van der Waals surface area contributed by atoms with E-state index >= 15 is 0 Å². The normalized spacial score (nSPS) is 23.4. The van der Waals surface area contributed by atoms with Crippen molar-refractivity contribution in [2.45, 2.75) is 38.1 Å². The molecule has 1 nitrogen and oxygen atoms in total. The first kappa shape index (κ1) is 11.7. The molecule has 1 aliphatic heterocycles. The summed E-state index contributed by atoms with van der Waals surface area (Å²) in [4.78, 5) is 3.01. The molecule has 2 heteroatoms. The number of benzene rings is 1. The minimum absolute atomic E-state index is 0.487. The van der Waals surface area contributed by atoms with E-state index in [-0.39, 0.29) is 0 Å². The molecule has 4 rings (SSSR count). The molecule has 1 atom stereocenters. The van der Waals surface area contributed by atoms with Gasteiger partial charge in [-0.2, -0.15) is 0 Å². The maximum atomic E-state index is 3.68. The summed E-state index contributed by atoms with van der Waals surface area (Å²) in [7, 11) is 0. The highest BCUT2D eigenvalue weighted by molar-refractivity contribution is 7.15. The van der Waals surface area contributed by atoms with Crippen LogP contribution in [0.15, 0.2) is 30.3 Å². The van der Waals surface area contributed by atoms with E-state index in [1.165, 1.54) is 35.4 Å². The molecule has 98 valence electrons. The second-order valence-electron chi connectivity index (χ2n) is 6.14. The summed E-state index contributed by atoms with van der Waals surface area (Å²) < 4.78 is 0. The SMILES string of the molecule is Cc1ccc(-c2cc3c(s2)C(C)NCC32CC2)cc1. The Labute approximate surface area is 118 Å². The van der Waals surface area contributed by atoms with Crippen molar-refractivity contribution in [2.75, 3.05) is 6.54 Å². The summed E-state index contributed by atoms with van der Waals surface area (Å²) in [6.45, 7) is 5.61. The summed E-state index contributed by atoms with van der Waals surface area (Å²) >= 11 is 1.98. The molecule has 0 saturated heterocycles. The van der Waals surface area contributed by atoms with Gasteiger partial charge in [-0.05, 0) is 43.9 Å². The van der Waals surface area contributed by atoms with E-state index in [1.807, 2.05) is 11.3 Å². The van der Waals surface area contributed by atoms with Gasteiger partial charge in [-0.3, -0.25) is 0 Å². The van der Waals surface area contributed by atoms with Crippen LogP contribution in [0.25, 0.3) is 10.4 Å². The number of rotatable bonds is 1. The van der Waals surface area contributed by atoms with Gasteiger partial charge in [0, 0.05) is 27.8 Å². The van der Waals surface area contributed by atoms with Gasteiger partial charge in [-0.25, -0.2) is 0 Å². The average molecular weight is 269 g/mol. The maximum Gasteiger partial charge on any atom is 0.0389 e. The fourth-order valence-corrected chi connectivity index (χ4v) is 4.45. The third-order valence-corrected chi connectivity index (χ3v) is 6.03. The minimum Gasteiger partial charge on any atom is -0.309 e. The van der Waals surface area contributed by atoms with Crippen LogP contribution in [0.1, 0.15) is 41.8 Å². The van der Waals surface area contributed by atoms with E-state index in [2.05, 4.69) is 49.5 Å². The molecule has 0 amide bonds. The second-order valence-corrected chi connectivity index (χ2v) is 7.22. The summed E-state index contributed by atoms with van der Waals surface area (Å²) in [6.07, 6.45) is 2.73. The quantitative estimate of drug-likeness (QED) is 0.808. The zero-order chi connectivity index (χ0) is 13.0. The molecule has 1 unspecified atom stereocenters. The largest absolute Gasteiger partial charge is 0.309 e. The van der Waals surface area contributed by atoms with Crippen LogP contribution in [-0.4, -0.2) is 6.54 Å². The van der Waals surface area contributed by atoms with Gasteiger partial charge >= 0.3 is 0 Å². The molecule has 1 fully saturated rings. The molecule has 1 saturated carbocycles. The van der Waals surface area contributed by atoms with Crippen LogP contribution in [0.2, 0.25) is 0 Å². The molecule has 1 N–H and O–H groups in total. The number of fused-ring (bicyclic) bond motifs is 2. The monoisotopic (exact) mass is 269 g/mol. The maximum absolute atomic E-state index is 3.68. The van der Waals surface area contributed by atoms with Crippen molar-refractivity contribution in [3.8, 4) is 10.4 Å². The van der Waals surface area contributed by atoms with Gasteiger partial charge in [0.25, 0.3) is 0 Å². The Kier molecular flexibility index (Phi) is 2.42. The topological polar surface area (TPSA) is 12.0 Å². The highest BCUT2D eigenvalue weighted by Crippen LogP contribution is 2.55. The molecule has 2 heterocycles. The van der Waals surface area contributed by atoms with Crippen LogP contribution in [0.5, 0.6) is 0 Å². The summed E-state index contributed by atoms with van der Waals surface area (Å²) in [5.41, 5.74) is 4.83. The highest BCUT2D eigenvalue weighted by atomic mass is 32.1. The number of aryl methyl sites for hydroxylation is 1. The van der Waals surface area contributed by atoms with Crippen molar-refractivity contribution in [1.29, 1.82) is 0 Å². The lowest BCUT2D eigenvalue weighted by atomic mass is 9.90. The average Bonchev–Trinajstić information content (AvgIpc) is 3.04. The first-order chi connectivity index (χ1) is 9.18. The summed E-state index contributed by atoms with van der Waals surface area (Å²) in [5.74, 6) is 0. The first-order valence-corrected chi connectivity index (χ1v) is 7.94. The molecule has 1 aliphatic carbocycles. The van der Waals surface area contributed by atoms with Gasteiger partial charge in [0.05, 0.1) is 0 Å². The molecular weight excluding hydrogens is 250 g/mol. The molecule has 0 radical (unpaired) electrons. The zero-order valence-electron chi connectivity index (χ0n) is 11.5. The van der Waals surface area contributed by atoms with Crippen molar-refractivity contribution >= 4 is 11.3 Å². The molecular formula is C17H19NS. The zero-order valence-corrected chi connectivity index (χ0v) is 12.3. The Morgan fingerprint density at radius 2 is 1.95 bits per heavy atom. The molecule has 19 heavy (non-hydrogen) atoms. The van der Waals surface area contributed by atoms with E-state index in [4.69, 9.17) is 0 Å². The van der Waals surface area contributed by atoms with E-state index in [0.29, 0.717) is 11.5 Å². The lowest BCUT2D eigenvalue weighted by Gasteiger charge is -2.27. The number of thiophene rings is 1. The van der Waals surface area contributed by atoms with Crippen molar-refractivity contribution in [3.63, 3.8) is 0 Å². The summed E-state index contributed by atoms with van der Waals surface area (Å²) in [6, 6.07) is 11.9. The van der Waals surface area contributed by atoms with Crippen LogP contribution < -0.4 is 5.32 Å². The van der Waals surface area contributed by atoms with Gasteiger partial charge < -0.3 is 5.32 Å². The van der Waals surface area contributed by atoms with E-state index in [9.17, 15) is 0 Å². The Hall–Kier alpha value is -1.12. The third-order valence-electron chi connectivity index (χ3n) is 4.66. The van der Waals surface area contributed by atoms with Crippen molar-refractivity contribution < 1.29 is 0 Å². The lowest BCUT2D eigenvalue weighted by molar-refractivity contribution is 0.475. The van der Waals surface area contributed by atoms with Crippen molar-refractivity contribution in [1.82, 2.24) is 5.32 Å². The van der Waals surface area contributed by atoms with Crippen LogP contribution >= 0.6 is 11.3 Å². The predicted octanol–water partition coefficient (Wildman–Crippen LogP) is 4.42. The van der Waals surface area contributed by atoms with Crippen LogP contribution in [0.4, 0.5) is 0 Å². The van der Waals surface area contributed by atoms with E-state index in [0.717, 1.165) is 0 Å². The fraction of sp³-hybridized carbons (Fsp3) is 0.412. The summed E-state index contributed by atoms with van der Waals surface area (Å²) in [5, 5.41) is 3.68. The molecule has 2 aliphatic rings. The number of hydrogen-bond acceptors (Lipinski definition) is 2. The van der Waals surface area contributed by atoms with Crippen molar-refractivity contribution in [2.24, 2.45) is 0 Å². The third kappa shape index (κ3) is 1.78. The molecule has 1 aromatic heterocycles. The van der Waals surface area contributed by atoms with Gasteiger partial charge in [0.2, 0.25) is 0 Å². The Bertz CT molecular complexity index is 619. The van der Waals surface area contributed by atoms with Crippen LogP contribution in [0, 0.1) is 6.92 Å². The molecule has 1 spiro atoms. The predicted molar refractivity (Wildman–Crippen MR) is 81.8 cm³/mol. The Morgan fingerprint density at radius 3 is 2.63 bits per heavy atom. The smallest absolute Gasteiger partial charge is 0.0389 e. The molecule has 0 bridgehead atoms. The number of hydrogen-bond donors (Lipinski definition) is 1. The van der Waals surface area contributed by atoms with Gasteiger partial charge in [0.15, 0.2) is 0 Å². The molecule has 1 aromatic carbocycles. The van der Waals surface area contributed by atoms with Crippen LogP contribution in [-0.2, 0) is 5.41 Å².